The van der Waals surface area contributed by atoms with Gasteiger partial charge in [-0.05, 0) is 42.0 Å². The third-order valence-corrected chi connectivity index (χ3v) is 4.52. The smallest absolute Gasteiger partial charge is 0.322 e. The highest BCUT2D eigenvalue weighted by atomic mass is 19.1. The summed E-state index contributed by atoms with van der Waals surface area (Å²) in [4.78, 5) is 18.4. The minimum absolute atomic E-state index is 0.364. The molecule has 1 atom stereocenters. The molecule has 5 nitrogen and oxygen atoms in total. The van der Waals surface area contributed by atoms with Gasteiger partial charge in [-0.2, -0.15) is 0 Å². The number of halogens is 2. The molecule has 1 unspecified atom stereocenters. The Hall–Kier alpha value is -3.22. The molecule has 26 heavy (non-hydrogen) atoms. The zero-order valence-electron chi connectivity index (χ0n) is 13.8. The molecule has 2 aromatic heterocycles. The molecular formula is C19H16F2N4O. The van der Waals surface area contributed by atoms with E-state index in [4.69, 9.17) is 0 Å². The SMILES string of the molecule is O=C(Nc1c(F)cccc1F)N1CCn2cccc2C1c1ccncc1. The zero-order valence-corrected chi connectivity index (χ0v) is 13.8. The monoisotopic (exact) mass is 354 g/mol. The lowest BCUT2D eigenvalue weighted by Gasteiger charge is -2.37. The van der Waals surface area contributed by atoms with E-state index in [0.717, 1.165) is 23.4 Å². The van der Waals surface area contributed by atoms with E-state index in [1.54, 1.807) is 17.3 Å². The van der Waals surface area contributed by atoms with Crippen molar-refractivity contribution in [3.05, 3.63) is 83.9 Å². The fourth-order valence-corrected chi connectivity index (χ4v) is 3.29. The van der Waals surface area contributed by atoms with E-state index in [1.807, 2.05) is 30.5 Å². The Morgan fingerprint density at radius 1 is 1.04 bits per heavy atom. The molecule has 0 saturated heterocycles. The fraction of sp³-hybridized carbons (Fsp3) is 0.158. The molecule has 1 aliphatic heterocycles. The lowest BCUT2D eigenvalue weighted by molar-refractivity contribution is 0.181. The van der Waals surface area contributed by atoms with Crippen LogP contribution < -0.4 is 5.32 Å². The summed E-state index contributed by atoms with van der Waals surface area (Å²) in [6.07, 6.45) is 5.27. The summed E-state index contributed by atoms with van der Waals surface area (Å²) in [7, 11) is 0. The van der Waals surface area contributed by atoms with Crippen LogP contribution in [0.4, 0.5) is 19.3 Å². The van der Waals surface area contributed by atoms with Crippen LogP contribution in [0.25, 0.3) is 0 Å². The number of nitrogens with one attached hydrogen (secondary N) is 1. The van der Waals surface area contributed by atoms with Crippen LogP contribution in [-0.2, 0) is 6.54 Å². The van der Waals surface area contributed by atoms with Crippen LogP contribution in [0.3, 0.4) is 0 Å². The molecule has 0 aliphatic carbocycles. The molecule has 0 spiro atoms. The number of amides is 2. The van der Waals surface area contributed by atoms with Crippen molar-refractivity contribution in [3.63, 3.8) is 0 Å². The third kappa shape index (κ3) is 2.81. The van der Waals surface area contributed by atoms with Crippen LogP contribution in [0, 0.1) is 11.6 Å². The van der Waals surface area contributed by atoms with Crippen molar-refractivity contribution in [2.24, 2.45) is 0 Å². The molecule has 2 amide bonds. The summed E-state index contributed by atoms with van der Waals surface area (Å²) in [5.41, 5.74) is 1.38. The maximum absolute atomic E-state index is 13.9. The minimum Gasteiger partial charge on any atom is -0.348 e. The van der Waals surface area contributed by atoms with Crippen molar-refractivity contribution >= 4 is 11.7 Å². The maximum atomic E-state index is 13.9. The van der Waals surface area contributed by atoms with Crippen molar-refractivity contribution in [1.29, 1.82) is 0 Å². The van der Waals surface area contributed by atoms with Gasteiger partial charge in [0.05, 0.1) is 6.04 Å². The number of hydrogen-bond acceptors (Lipinski definition) is 2. The standard InChI is InChI=1S/C19H16F2N4O/c20-14-3-1-4-15(21)17(14)23-19(26)25-12-11-24-10-2-5-16(24)18(25)13-6-8-22-9-7-13/h1-10,18H,11-12H2,(H,23,26). The molecule has 1 aromatic carbocycles. The summed E-state index contributed by atoms with van der Waals surface area (Å²) in [6.45, 7) is 1.02. The second kappa shape index (κ2) is 6.59. The van der Waals surface area contributed by atoms with Gasteiger partial charge in [-0.25, -0.2) is 13.6 Å². The summed E-state index contributed by atoms with van der Waals surface area (Å²) >= 11 is 0. The van der Waals surface area contributed by atoms with Crippen LogP contribution in [-0.4, -0.2) is 27.0 Å². The molecule has 1 N–H and O–H groups in total. The van der Waals surface area contributed by atoms with E-state index < -0.39 is 23.4 Å². The number of hydrogen-bond donors (Lipinski definition) is 1. The first-order valence-electron chi connectivity index (χ1n) is 8.22. The normalized spacial score (nSPS) is 16.2. The van der Waals surface area contributed by atoms with Gasteiger partial charge < -0.3 is 14.8 Å². The number of fused-ring (bicyclic) bond motifs is 1. The Balaban J connectivity index is 1.69. The van der Waals surface area contributed by atoms with Crippen LogP contribution in [0.2, 0.25) is 0 Å². The predicted molar refractivity (Wildman–Crippen MR) is 92.6 cm³/mol. The highest BCUT2D eigenvalue weighted by Gasteiger charge is 2.32. The Labute approximate surface area is 148 Å². The molecule has 3 heterocycles. The van der Waals surface area contributed by atoms with Gasteiger partial charge in [-0.1, -0.05) is 6.07 Å². The van der Waals surface area contributed by atoms with E-state index >= 15 is 0 Å². The molecule has 132 valence electrons. The molecule has 0 bridgehead atoms. The van der Waals surface area contributed by atoms with Crippen LogP contribution in [0.1, 0.15) is 17.3 Å². The van der Waals surface area contributed by atoms with Gasteiger partial charge in [0, 0.05) is 37.4 Å². The topological polar surface area (TPSA) is 50.2 Å². The molecule has 0 radical (unpaired) electrons. The quantitative estimate of drug-likeness (QED) is 0.761. The first-order valence-corrected chi connectivity index (χ1v) is 8.22. The number of anilines is 1. The van der Waals surface area contributed by atoms with Gasteiger partial charge >= 0.3 is 6.03 Å². The van der Waals surface area contributed by atoms with Crippen molar-refractivity contribution in [2.75, 3.05) is 11.9 Å². The maximum Gasteiger partial charge on any atom is 0.322 e. The van der Waals surface area contributed by atoms with Crippen molar-refractivity contribution in [2.45, 2.75) is 12.6 Å². The Kier molecular flexibility index (Phi) is 4.12. The molecule has 1 aliphatic rings. The largest absolute Gasteiger partial charge is 0.348 e. The van der Waals surface area contributed by atoms with E-state index in [2.05, 4.69) is 14.9 Å². The van der Waals surface area contributed by atoms with E-state index in [9.17, 15) is 13.6 Å². The lowest BCUT2D eigenvalue weighted by atomic mass is 10.0. The number of rotatable bonds is 2. The first-order chi connectivity index (χ1) is 12.6. The highest BCUT2D eigenvalue weighted by Crippen LogP contribution is 2.33. The highest BCUT2D eigenvalue weighted by molar-refractivity contribution is 5.90. The van der Waals surface area contributed by atoms with Gasteiger partial charge in [0.2, 0.25) is 0 Å². The second-order valence-corrected chi connectivity index (χ2v) is 6.03. The number of pyridine rings is 1. The Bertz CT molecular complexity index is 921. The van der Waals surface area contributed by atoms with Gasteiger partial charge in [0.1, 0.15) is 17.3 Å². The summed E-state index contributed by atoms with van der Waals surface area (Å²) in [5, 5.41) is 2.38. The second-order valence-electron chi connectivity index (χ2n) is 6.03. The fourth-order valence-electron chi connectivity index (χ4n) is 3.29. The summed E-state index contributed by atoms with van der Waals surface area (Å²) in [5.74, 6) is -1.61. The molecular weight excluding hydrogens is 338 g/mol. The number of aromatic nitrogens is 2. The molecule has 0 saturated carbocycles. The average Bonchev–Trinajstić information content (AvgIpc) is 3.13. The minimum atomic E-state index is -0.806. The number of benzene rings is 1. The number of para-hydroxylation sites is 1. The molecule has 7 heteroatoms. The van der Waals surface area contributed by atoms with Crippen LogP contribution >= 0.6 is 0 Å². The predicted octanol–water partition coefficient (Wildman–Crippen LogP) is 3.80. The zero-order chi connectivity index (χ0) is 18.1. The summed E-state index contributed by atoms with van der Waals surface area (Å²) < 4.78 is 29.9. The number of nitrogens with zero attached hydrogens (tertiary/aromatic N) is 3. The number of urea groups is 1. The summed E-state index contributed by atoms with van der Waals surface area (Å²) in [6, 6.07) is 10.1. The van der Waals surface area contributed by atoms with Gasteiger partial charge in [0.15, 0.2) is 0 Å². The van der Waals surface area contributed by atoms with E-state index in [-0.39, 0.29) is 6.04 Å². The third-order valence-electron chi connectivity index (χ3n) is 4.52. The molecule has 4 rings (SSSR count). The number of carbonyl (C=O) groups excluding carboxylic acids is 1. The van der Waals surface area contributed by atoms with Crippen LogP contribution in [0.15, 0.2) is 61.1 Å². The van der Waals surface area contributed by atoms with Crippen molar-refractivity contribution in [3.8, 4) is 0 Å². The van der Waals surface area contributed by atoms with Crippen LogP contribution in [0.5, 0.6) is 0 Å². The molecule has 0 fully saturated rings. The van der Waals surface area contributed by atoms with E-state index in [0.29, 0.717) is 13.1 Å². The first kappa shape index (κ1) is 16.3. The molecule has 3 aromatic rings. The Morgan fingerprint density at radius 2 is 1.77 bits per heavy atom. The number of carbonyl (C=O) groups is 1. The van der Waals surface area contributed by atoms with Gasteiger partial charge in [-0.15, -0.1) is 0 Å². The van der Waals surface area contributed by atoms with Crippen molar-refractivity contribution < 1.29 is 13.6 Å². The van der Waals surface area contributed by atoms with Gasteiger partial charge in [0.25, 0.3) is 0 Å². The Morgan fingerprint density at radius 3 is 2.50 bits per heavy atom. The lowest BCUT2D eigenvalue weighted by Crippen LogP contribution is -2.44. The average molecular weight is 354 g/mol. The van der Waals surface area contributed by atoms with Crippen molar-refractivity contribution in [1.82, 2.24) is 14.5 Å². The van der Waals surface area contributed by atoms with Gasteiger partial charge in [-0.3, -0.25) is 4.98 Å². The van der Waals surface area contributed by atoms with E-state index in [1.165, 1.54) is 6.07 Å².